The molecule has 0 radical (unpaired) electrons. The lowest BCUT2D eigenvalue weighted by molar-refractivity contribution is -0.134. The lowest BCUT2D eigenvalue weighted by Crippen LogP contribution is -2.43. The van der Waals surface area contributed by atoms with E-state index in [9.17, 15) is 14.4 Å². The van der Waals surface area contributed by atoms with Crippen LogP contribution in [0, 0.1) is 0 Å². The Morgan fingerprint density at radius 3 is 2.66 bits per heavy atom. The summed E-state index contributed by atoms with van der Waals surface area (Å²) in [5.41, 5.74) is 0.894. The third kappa shape index (κ3) is 3.35. The molecular formula is C24H21N5O3. The highest BCUT2D eigenvalue weighted by Crippen LogP contribution is 2.30. The molecule has 1 aliphatic heterocycles. The smallest absolute Gasteiger partial charge is 0.325 e. The van der Waals surface area contributed by atoms with Crippen LogP contribution >= 0.6 is 0 Å². The Morgan fingerprint density at radius 2 is 1.84 bits per heavy atom. The summed E-state index contributed by atoms with van der Waals surface area (Å²) in [6.07, 6.45) is 3.69. The van der Waals surface area contributed by atoms with Crippen molar-refractivity contribution in [2.75, 3.05) is 6.54 Å². The molecule has 8 nitrogen and oxygen atoms in total. The number of amides is 4. The van der Waals surface area contributed by atoms with Crippen molar-refractivity contribution >= 4 is 34.3 Å². The number of hydrogen-bond acceptors (Lipinski definition) is 4. The summed E-state index contributed by atoms with van der Waals surface area (Å²) in [6.45, 7) is 1.50. The lowest BCUT2D eigenvalue weighted by atomic mass is 9.90. The van der Waals surface area contributed by atoms with Gasteiger partial charge in [-0.1, -0.05) is 42.5 Å². The average Bonchev–Trinajstić information content (AvgIpc) is 3.31. The van der Waals surface area contributed by atoms with Gasteiger partial charge in [0, 0.05) is 12.4 Å². The minimum atomic E-state index is -1.23. The molecule has 3 heterocycles. The fourth-order valence-electron chi connectivity index (χ4n) is 4.00. The number of imide groups is 1. The molecule has 0 unspecified atom stereocenters. The molecule has 2 N–H and O–H groups in total. The van der Waals surface area contributed by atoms with Crippen LogP contribution in [0.4, 0.5) is 4.79 Å². The topological polar surface area (TPSA) is 95.8 Å². The molecule has 5 rings (SSSR count). The first kappa shape index (κ1) is 19.7. The van der Waals surface area contributed by atoms with Crippen molar-refractivity contribution in [2.45, 2.75) is 19.0 Å². The molecule has 2 aromatic carbocycles. The summed E-state index contributed by atoms with van der Waals surface area (Å²) in [7, 11) is 0. The van der Waals surface area contributed by atoms with Crippen LogP contribution in [0.1, 0.15) is 18.2 Å². The van der Waals surface area contributed by atoms with E-state index in [0.717, 1.165) is 21.3 Å². The highest BCUT2D eigenvalue weighted by atomic mass is 16.2. The van der Waals surface area contributed by atoms with E-state index >= 15 is 0 Å². The second kappa shape index (κ2) is 7.49. The zero-order valence-electron chi connectivity index (χ0n) is 17.4. The maximum Gasteiger partial charge on any atom is 0.325 e. The van der Waals surface area contributed by atoms with Crippen LogP contribution in [0.5, 0.6) is 0 Å². The van der Waals surface area contributed by atoms with Crippen molar-refractivity contribution in [3.8, 4) is 0 Å². The van der Waals surface area contributed by atoms with Crippen molar-refractivity contribution < 1.29 is 14.4 Å². The van der Waals surface area contributed by atoms with Crippen LogP contribution in [0.15, 0.2) is 73.1 Å². The molecule has 32 heavy (non-hydrogen) atoms. The zero-order chi connectivity index (χ0) is 22.3. The first-order valence-electron chi connectivity index (χ1n) is 10.3. The van der Waals surface area contributed by atoms with Gasteiger partial charge in [-0.2, -0.15) is 0 Å². The summed E-state index contributed by atoms with van der Waals surface area (Å²) < 4.78 is 1.86. The molecule has 2 aromatic heterocycles. The van der Waals surface area contributed by atoms with Crippen LogP contribution in [0.3, 0.4) is 0 Å². The number of pyridine rings is 1. The second-order valence-electron chi connectivity index (χ2n) is 7.98. The molecule has 1 saturated heterocycles. The molecule has 1 aliphatic rings. The van der Waals surface area contributed by atoms with Gasteiger partial charge < -0.3 is 15.0 Å². The minimum Gasteiger partial charge on any atom is -0.349 e. The molecule has 0 saturated carbocycles. The maximum absolute atomic E-state index is 13.1. The number of rotatable bonds is 5. The van der Waals surface area contributed by atoms with E-state index in [1.54, 1.807) is 6.92 Å². The molecule has 4 amide bonds. The number of nitrogens with zero attached hydrogens (tertiary/aromatic N) is 3. The van der Waals surface area contributed by atoms with E-state index in [1.807, 2.05) is 77.5 Å². The number of urea groups is 1. The molecule has 1 atom stereocenters. The van der Waals surface area contributed by atoms with Gasteiger partial charge in [-0.05, 0) is 41.5 Å². The number of aromatic nitrogens is 2. The summed E-state index contributed by atoms with van der Waals surface area (Å²) >= 11 is 0. The Bertz CT molecular complexity index is 1350. The van der Waals surface area contributed by atoms with Crippen molar-refractivity contribution in [3.05, 3.63) is 84.3 Å². The SMILES string of the molecule is C[C@]1(c2ccc3ccccc3c2)NC(=O)N(CC(=O)NCc2cn3ccccc3n2)C1=O. The predicted octanol–water partition coefficient (Wildman–Crippen LogP) is 2.57. The van der Waals surface area contributed by atoms with Crippen LogP contribution in [0.25, 0.3) is 16.4 Å². The summed E-state index contributed by atoms with van der Waals surface area (Å²) in [6, 6.07) is 18.5. The summed E-state index contributed by atoms with van der Waals surface area (Å²) in [5.74, 6) is -0.894. The monoisotopic (exact) mass is 427 g/mol. The Kier molecular flexibility index (Phi) is 4.62. The van der Waals surface area contributed by atoms with Crippen molar-refractivity contribution in [2.24, 2.45) is 0 Å². The highest BCUT2D eigenvalue weighted by Gasteiger charge is 2.49. The van der Waals surface area contributed by atoms with Crippen molar-refractivity contribution in [1.29, 1.82) is 0 Å². The number of carbonyl (C=O) groups is 3. The van der Waals surface area contributed by atoms with E-state index in [2.05, 4.69) is 15.6 Å². The normalized spacial score (nSPS) is 18.3. The Labute approximate surface area is 183 Å². The fourth-order valence-corrected chi connectivity index (χ4v) is 4.00. The molecule has 160 valence electrons. The second-order valence-corrected chi connectivity index (χ2v) is 7.98. The Morgan fingerprint density at radius 1 is 1.06 bits per heavy atom. The van der Waals surface area contributed by atoms with Gasteiger partial charge >= 0.3 is 6.03 Å². The Hall–Kier alpha value is -4.20. The third-order valence-corrected chi connectivity index (χ3v) is 5.78. The minimum absolute atomic E-state index is 0.201. The summed E-state index contributed by atoms with van der Waals surface area (Å²) in [5, 5.41) is 7.49. The van der Waals surface area contributed by atoms with Gasteiger partial charge in [0.25, 0.3) is 5.91 Å². The Balaban J connectivity index is 1.29. The molecule has 8 heteroatoms. The number of hydrogen-bond donors (Lipinski definition) is 2. The van der Waals surface area contributed by atoms with Crippen molar-refractivity contribution in [1.82, 2.24) is 24.9 Å². The van der Waals surface area contributed by atoms with Crippen LogP contribution in [-0.2, 0) is 21.7 Å². The van der Waals surface area contributed by atoms with Gasteiger partial charge in [0.05, 0.1) is 12.2 Å². The van der Waals surface area contributed by atoms with E-state index in [0.29, 0.717) is 11.3 Å². The summed E-state index contributed by atoms with van der Waals surface area (Å²) in [4.78, 5) is 43.6. The largest absolute Gasteiger partial charge is 0.349 e. The number of benzene rings is 2. The van der Waals surface area contributed by atoms with Gasteiger partial charge in [0.2, 0.25) is 5.91 Å². The molecule has 0 bridgehead atoms. The molecule has 0 aliphatic carbocycles. The first-order chi connectivity index (χ1) is 15.4. The van der Waals surface area contributed by atoms with Crippen LogP contribution in [0.2, 0.25) is 0 Å². The molecule has 0 spiro atoms. The quantitative estimate of drug-likeness (QED) is 0.479. The molecule has 1 fully saturated rings. The van der Waals surface area contributed by atoms with Crippen LogP contribution in [-0.4, -0.2) is 38.7 Å². The van der Waals surface area contributed by atoms with Gasteiger partial charge in [-0.3, -0.25) is 14.5 Å². The van der Waals surface area contributed by atoms with Gasteiger partial charge in [-0.25, -0.2) is 9.78 Å². The number of nitrogens with one attached hydrogen (secondary N) is 2. The van der Waals surface area contributed by atoms with Crippen LogP contribution < -0.4 is 10.6 Å². The van der Waals surface area contributed by atoms with Gasteiger partial charge in [-0.15, -0.1) is 0 Å². The van der Waals surface area contributed by atoms with E-state index in [4.69, 9.17) is 0 Å². The first-order valence-corrected chi connectivity index (χ1v) is 10.3. The fraction of sp³-hybridized carbons (Fsp3) is 0.167. The molecule has 4 aromatic rings. The lowest BCUT2D eigenvalue weighted by Gasteiger charge is -2.22. The van der Waals surface area contributed by atoms with E-state index in [1.165, 1.54) is 0 Å². The van der Waals surface area contributed by atoms with Crippen molar-refractivity contribution in [3.63, 3.8) is 0 Å². The van der Waals surface area contributed by atoms with Gasteiger partial charge in [0.15, 0.2) is 0 Å². The number of imidazole rings is 1. The average molecular weight is 427 g/mol. The zero-order valence-corrected chi connectivity index (χ0v) is 17.4. The van der Waals surface area contributed by atoms with E-state index < -0.39 is 23.4 Å². The predicted molar refractivity (Wildman–Crippen MR) is 119 cm³/mol. The highest BCUT2D eigenvalue weighted by molar-refractivity contribution is 6.09. The maximum atomic E-state index is 13.1. The number of carbonyl (C=O) groups excluding carboxylic acids is 3. The standard InChI is InChI=1S/C24H21N5O3/c1-24(18-10-9-16-6-2-3-7-17(16)12-18)22(31)29(23(32)27-24)15-21(30)25-13-19-14-28-11-5-4-8-20(28)26-19/h2-12,14H,13,15H2,1H3,(H,25,30)(H,27,32)/t24-/m1/s1. The third-order valence-electron chi connectivity index (χ3n) is 5.78. The van der Waals surface area contributed by atoms with Gasteiger partial charge in [0.1, 0.15) is 17.7 Å². The van der Waals surface area contributed by atoms with E-state index in [-0.39, 0.29) is 13.1 Å². The number of fused-ring (bicyclic) bond motifs is 2. The molecular weight excluding hydrogens is 406 g/mol.